The van der Waals surface area contributed by atoms with E-state index in [-0.39, 0.29) is 18.4 Å². The van der Waals surface area contributed by atoms with Crippen LogP contribution in [0.3, 0.4) is 0 Å². The van der Waals surface area contributed by atoms with Gasteiger partial charge < -0.3 is 16.0 Å². The Bertz CT molecular complexity index is 775. The fourth-order valence-electron chi connectivity index (χ4n) is 2.42. The first-order valence-corrected chi connectivity index (χ1v) is 8.28. The summed E-state index contributed by atoms with van der Waals surface area (Å²) >= 11 is 0. The molecule has 0 aliphatic heterocycles. The summed E-state index contributed by atoms with van der Waals surface area (Å²) in [6, 6.07) is 12.3. The molecule has 3 rings (SSSR count). The molecule has 1 aliphatic rings. The zero-order valence-electron chi connectivity index (χ0n) is 13.7. The predicted octanol–water partition coefficient (Wildman–Crippen LogP) is 3.02. The van der Waals surface area contributed by atoms with Crippen molar-refractivity contribution in [2.24, 2.45) is 5.92 Å². The fourth-order valence-corrected chi connectivity index (χ4v) is 2.42. The lowest BCUT2D eigenvalue weighted by molar-refractivity contribution is -0.115. The lowest BCUT2D eigenvalue weighted by atomic mass is 10.1. The quantitative estimate of drug-likeness (QED) is 0.725. The molecule has 5 nitrogen and oxygen atoms in total. The molecular weight excluding hydrogens is 321 g/mol. The molecule has 1 fully saturated rings. The molecule has 0 saturated heterocycles. The Morgan fingerprint density at radius 1 is 1.00 bits per heavy atom. The zero-order valence-corrected chi connectivity index (χ0v) is 13.7. The fraction of sp³-hybridized carbons (Fsp3) is 0.263. The maximum Gasteiger partial charge on any atom is 0.255 e. The minimum absolute atomic E-state index is 0.150. The summed E-state index contributed by atoms with van der Waals surface area (Å²) in [4.78, 5) is 24.2. The van der Waals surface area contributed by atoms with Gasteiger partial charge in [0.1, 0.15) is 5.82 Å². The van der Waals surface area contributed by atoms with Crippen LogP contribution in [0.25, 0.3) is 0 Å². The number of hydrogen-bond donors (Lipinski definition) is 3. The number of rotatable bonds is 7. The second-order valence-electron chi connectivity index (χ2n) is 6.17. The molecule has 0 bridgehead atoms. The second-order valence-corrected chi connectivity index (χ2v) is 6.17. The van der Waals surface area contributed by atoms with Gasteiger partial charge in [-0.2, -0.15) is 0 Å². The van der Waals surface area contributed by atoms with Crippen LogP contribution in [-0.2, 0) is 4.79 Å². The smallest absolute Gasteiger partial charge is 0.255 e. The molecule has 2 amide bonds. The summed E-state index contributed by atoms with van der Waals surface area (Å²) in [7, 11) is 0. The molecule has 130 valence electrons. The van der Waals surface area contributed by atoms with Gasteiger partial charge in [-0.15, -0.1) is 0 Å². The molecule has 0 spiro atoms. The zero-order chi connectivity index (χ0) is 17.6. The maximum absolute atomic E-state index is 13.2. The molecule has 3 N–H and O–H groups in total. The molecular formula is C19H20FN3O2. The van der Waals surface area contributed by atoms with Gasteiger partial charge in [-0.1, -0.05) is 12.1 Å². The molecule has 0 atom stereocenters. The first kappa shape index (κ1) is 17.1. The lowest BCUT2D eigenvalue weighted by Crippen LogP contribution is -2.29. The van der Waals surface area contributed by atoms with Gasteiger partial charge >= 0.3 is 0 Å². The number of hydrogen-bond acceptors (Lipinski definition) is 3. The van der Waals surface area contributed by atoms with Crippen molar-refractivity contribution in [2.45, 2.75) is 12.8 Å². The number of carbonyl (C=O) groups excluding carboxylic acids is 2. The summed E-state index contributed by atoms with van der Waals surface area (Å²) in [6.45, 7) is 1.11. The molecule has 25 heavy (non-hydrogen) atoms. The Morgan fingerprint density at radius 3 is 2.44 bits per heavy atom. The van der Waals surface area contributed by atoms with Crippen LogP contribution in [0.2, 0.25) is 0 Å². The second kappa shape index (κ2) is 7.90. The van der Waals surface area contributed by atoms with Gasteiger partial charge in [0.05, 0.1) is 6.54 Å². The van der Waals surface area contributed by atoms with Gasteiger partial charge in [0, 0.05) is 16.9 Å². The van der Waals surface area contributed by atoms with Crippen molar-refractivity contribution in [1.29, 1.82) is 0 Å². The molecule has 1 aliphatic carbocycles. The minimum atomic E-state index is -0.419. The summed E-state index contributed by atoms with van der Waals surface area (Å²) in [6.07, 6.45) is 2.47. The van der Waals surface area contributed by atoms with Crippen molar-refractivity contribution in [1.82, 2.24) is 5.32 Å². The number of nitrogens with one attached hydrogen (secondary N) is 3. The third kappa shape index (κ3) is 5.39. The average Bonchev–Trinajstić information content (AvgIpc) is 3.39. The van der Waals surface area contributed by atoms with Crippen molar-refractivity contribution in [3.05, 3.63) is 59.9 Å². The van der Waals surface area contributed by atoms with Crippen LogP contribution in [0.15, 0.2) is 48.5 Å². The molecule has 2 aromatic rings. The van der Waals surface area contributed by atoms with E-state index < -0.39 is 5.82 Å². The van der Waals surface area contributed by atoms with Crippen molar-refractivity contribution >= 4 is 23.2 Å². The van der Waals surface area contributed by atoms with E-state index in [1.165, 1.54) is 31.0 Å². The molecule has 0 unspecified atom stereocenters. The third-order valence-electron chi connectivity index (χ3n) is 3.91. The van der Waals surface area contributed by atoms with E-state index in [9.17, 15) is 14.0 Å². The lowest BCUT2D eigenvalue weighted by Gasteiger charge is -2.09. The van der Waals surface area contributed by atoms with Crippen LogP contribution < -0.4 is 16.0 Å². The van der Waals surface area contributed by atoms with E-state index >= 15 is 0 Å². The van der Waals surface area contributed by atoms with E-state index in [1.54, 1.807) is 30.3 Å². The number of amides is 2. The van der Waals surface area contributed by atoms with E-state index in [1.807, 2.05) is 0 Å². The SMILES string of the molecule is O=C(CNCC1CC1)Nc1cccc(C(=O)Nc2cccc(F)c2)c1. The number of carbonyl (C=O) groups is 2. The summed E-state index contributed by atoms with van der Waals surface area (Å²) in [5.41, 5.74) is 1.31. The van der Waals surface area contributed by atoms with Gasteiger partial charge in [0.2, 0.25) is 5.91 Å². The highest BCUT2D eigenvalue weighted by atomic mass is 19.1. The van der Waals surface area contributed by atoms with Gasteiger partial charge in [-0.25, -0.2) is 4.39 Å². The Kier molecular flexibility index (Phi) is 5.40. The molecule has 6 heteroatoms. The van der Waals surface area contributed by atoms with E-state index in [4.69, 9.17) is 0 Å². The van der Waals surface area contributed by atoms with Gasteiger partial charge in [0.25, 0.3) is 5.91 Å². The third-order valence-corrected chi connectivity index (χ3v) is 3.91. The van der Waals surface area contributed by atoms with Crippen LogP contribution in [0, 0.1) is 11.7 Å². The molecule has 1 saturated carbocycles. The van der Waals surface area contributed by atoms with E-state index in [2.05, 4.69) is 16.0 Å². The highest BCUT2D eigenvalue weighted by molar-refractivity contribution is 6.05. The normalized spacial score (nSPS) is 13.3. The first-order valence-electron chi connectivity index (χ1n) is 8.28. The molecule has 0 heterocycles. The van der Waals surface area contributed by atoms with Gasteiger partial charge in [0.15, 0.2) is 0 Å². The predicted molar refractivity (Wildman–Crippen MR) is 95.0 cm³/mol. The van der Waals surface area contributed by atoms with E-state index in [0.717, 1.165) is 6.54 Å². The van der Waals surface area contributed by atoms with Crippen LogP contribution in [-0.4, -0.2) is 24.9 Å². The van der Waals surface area contributed by atoms with Crippen LogP contribution in [0.5, 0.6) is 0 Å². The van der Waals surface area contributed by atoms with Gasteiger partial charge in [-0.3, -0.25) is 9.59 Å². The van der Waals surface area contributed by atoms with Crippen molar-refractivity contribution < 1.29 is 14.0 Å². The molecule has 2 aromatic carbocycles. The Hall–Kier alpha value is -2.73. The number of benzene rings is 2. The topological polar surface area (TPSA) is 70.2 Å². The average molecular weight is 341 g/mol. The number of halogens is 1. The monoisotopic (exact) mass is 341 g/mol. The van der Waals surface area contributed by atoms with E-state index in [0.29, 0.717) is 22.9 Å². The van der Waals surface area contributed by atoms with Crippen molar-refractivity contribution in [3.63, 3.8) is 0 Å². The van der Waals surface area contributed by atoms with Crippen LogP contribution in [0.1, 0.15) is 23.2 Å². The minimum Gasteiger partial charge on any atom is -0.325 e. The Balaban J connectivity index is 1.56. The van der Waals surface area contributed by atoms with Crippen molar-refractivity contribution in [2.75, 3.05) is 23.7 Å². The Morgan fingerprint density at radius 2 is 1.72 bits per heavy atom. The standard InChI is InChI=1S/C19H20FN3O2/c20-15-4-2-6-17(10-15)23-19(25)14-3-1-5-16(9-14)22-18(24)12-21-11-13-7-8-13/h1-6,9-10,13,21H,7-8,11-12H2,(H,22,24)(H,23,25). The Labute approximate surface area is 145 Å². The highest BCUT2D eigenvalue weighted by Gasteiger charge is 2.20. The summed E-state index contributed by atoms with van der Waals surface area (Å²) < 4.78 is 13.2. The molecule has 0 radical (unpaired) electrons. The van der Waals surface area contributed by atoms with Crippen LogP contribution >= 0.6 is 0 Å². The molecule has 0 aromatic heterocycles. The van der Waals surface area contributed by atoms with Crippen LogP contribution in [0.4, 0.5) is 15.8 Å². The maximum atomic E-state index is 13.2. The van der Waals surface area contributed by atoms with Crippen molar-refractivity contribution in [3.8, 4) is 0 Å². The highest BCUT2D eigenvalue weighted by Crippen LogP contribution is 2.27. The first-order chi connectivity index (χ1) is 12.1. The van der Waals surface area contributed by atoms with Gasteiger partial charge in [-0.05, 0) is 61.7 Å². The number of anilines is 2. The largest absolute Gasteiger partial charge is 0.325 e. The summed E-state index contributed by atoms with van der Waals surface area (Å²) in [5, 5.41) is 8.51. The summed E-state index contributed by atoms with van der Waals surface area (Å²) in [5.74, 6) is -0.225.